The minimum atomic E-state index is -4.53. The van der Waals surface area contributed by atoms with Gasteiger partial charge in [-0.25, -0.2) is 4.68 Å². The van der Waals surface area contributed by atoms with Gasteiger partial charge in [0.25, 0.3) is 0 Å². The summed E-state index contributed by atoms with van der Waals surface area (Å²) in [5.74, 6) is 0. The molecule has 94 valence electrons. The van der Waals surface area contributed by atoms with Crippen LogP contribution in [0.3, 0.4) is 0 Å². The van der Waals surface area contributed by atoms with Gasteiger partial charge in [-0.2, -0.15) is 18.3 Å². The summed E-state index contributed by atoms with van der Waals surface area (Å²) in [6.45, 7) is 0. The molecule has 2 rings (SSSR count). The molecule has 0 atom stereocenters. The third-order valence-corrected chi connectivity index (χ3v) is 2.59. The molecule has 0 bridgehead atoms. The third kappa shape index (κ3) is 2.38. The van der Waals surface area contributed by atoms with Gasteiger partial charge in [-0.05, 0) is 18.2 Å². The average Bonchev–Trinajstić information content (AvgIpc) is 2.76. The minimum Gasteiger partial charge on any atom is -0.298 e. The Balaban J connectivity index is 2.50. The molecule has 0 aliphatic carbocycles. The Morgan fingerprint density at radius 2 is 2.06 bits per heavy atom. The Morgan fingerprint density at radius 3 is 2.61 bits per heavy atom. The van der Waals surface area contributed by atoms with Gasteiger partial charge in [0, 0.05) is 6.20 Å². The summed E-state index contributed by atoms with van der Waals surface area (Å²) in [4.78, 5) is 10.5. The molecule has 0 spiro atoms. The fourth-order valence-electron chi connectivity index (χ4n) is 1.41. The van der Waals surface area contributed by atoms with Crippen LogP contribution in [0, 0.1) is 0 Å². The van der Waals surface area contributed by atoms with Gasteiger partial charge in [0.15, 0.2) is 6.29 Å². The molecular formula is C11H6ClF3N2O. The van der Waals surface area contributed by atoms with E-state index in [2.05, 4.69) is 5.10 Å². The molecule has 0 unspecified atom stereocenters. The maximum Gasteiger partial charge on any atom is 0.417 e. The van der Waals surface area contributed by atoms with E-state index in [1.807, 2.05) is 0 Å². The molecule has 0 saturated carbocycles. The number of aldehydes is 1. The average molecular weight is 275 g/mol. The Labute approximate surface area is 105 Å². The number of hydrogen-bond acceptors (Lipinski definition) is 2. The number of nitrogens with zero attached hydrogens (tertiary/aromatic N) is 2. The normalized spacial score (nSPS) is 11.6. The number of hydrogen-bond donors (Lipinski definition) is 0. The lowest BCUT2D eigenvalue weighted by Gasteiger charge is -2.10. The van der Waals surface area contributed by atoms with Crippen molar-refractivity contribution >= 4 is 17.9 Å². The van der Waals surface area contributed by atoms with E-state index in [0.717, 1.165) is 12.1 Å². The van der Waals surface area contributed by atoms with Crippen molar-refractivity contribution < 1.29 is 18.0 Å². The molecule has 0 fully saturated rings. The second-order valence-corrected chi connectivity index (χ2v) is 3.91. The lowest BCUT2D eigenvalue weighted by atomic mass is 10.2. The van der Waals surface area contributed by atoms with Gasteiger partial charge in [0.1, 0.15) is 0 Å². The van der Waals surface area contributed by atoms with Crippen molar-refractivity contribution in [3.63, 3.8) is 0 Å². The van der Waals surface area contributed by atoms with Crippen LogP contribution in [-0.2, 0) is 6.18 Å². The molecule has 1 aromatic heterocycles. The predicted octanol–water partition coefficient (Wildman–Crippen LogP) is 3.36. The van der Waals surface area contributed by atoms with Crippen LogP contribution in [0.2, 0.25) is 5.02 Å². The Hall–Kier alpha value is -1.82. The van der Waals surface area contributed by atoms with Crippen LogP contribution in [0.1, 0.15) is 15.9 Å². The Bertz CT molecular complexity index is 592. The topological polar surface area (TPSA) is 34.9 Å². The largest absolute Gasteiger partial charge is 0.417 e. The van der Waals surface area contributed by atoms with Gasteiger partial charge in [-0.15, -0.1) is 0 Å². The van der Waals surface area contributed by atoms with Crippen LogP contribution in [0.5, 0.6) is 0 Å². The molecule has 7 heteroatoms. The highest BCUT2D eigenvalue weighted by molar-refractivity contribution is 6.31. The van der Waals surface area contributed by atoms with Crippen LogP contribution in [-0.4, -0.2) is 16.1 Å². The summed E-state index contributed by atoms with van der Waals surface area (Å²) < 4.78 is 39.1. The minimum absolute atomic E-state index is 0.180. The predicted molar refractivity (Wildman–Crippen MR) is 59.0 cm³/mol. The molecule has 0 saturated heterocycles. The molecular weight excluding hydrogens is 269 g/mol. The Kier molecular flexibility index (Phi) is 3.13. The standard InChI is InChI=1S/C11H6ClF3N2O/c12-10-2-1-8(3-9(10)11(13,14)15)17-5-7(6-18)4-16-17/h1-6H. The second-order valence-electron chi connectivity index (χ2n) is 3.50. The van der Waals surface area contributed by atoms with Crippen LogP contribution >= 0.6 is 11.6 Å². The van der Waals surface area contributed by atoms with Gasteiger partial charge < -0.3 is 0 Å². The number of halogens is 4. The van der Waals surface area contributed by atoms with Crippen molar-refractivity contribution in [3.05, 3.63) is 46.7 Å². The number of rotatable bonds is 2. The molecule has 0 amide bonds. The van der Waals surface area contributed by atoms with Crippen molar-refractivity contribution in [3.8, 4) is 5.69 Å². The van der Waals surface area contributed by atoms with E-state index >= 15 is 0 Å². The first-order valence-electron chi connectivity index (χ1n) is 4.79. The number of carbonyl (C=O) groups is 1. The molecule has 1 aromatic carbocycles. The summed E-state index contributed by atoms with van der Waals surface area (Å²) in [6, 6.07) is 3.41. The van der Waals surface area contributed by atoms with E-state index in [9.17, 15) is 18.0 Å². The maximum absolute atomic E-state index is 12.6. The fourth-order valence-corrected chi connectivity index (χ4v) is 1.64. The first-order valence-corrected chi connectivity index (χ1v) is 5.16. The molecule has 0 aliphatic rings. The zero-order chi connectivity index (χ0) is 13.3. The number of alkyl halides is 3. The van der Waals surface area contributed by atoms with Gasteiger partial charge in [0.2, 0.25) is 0 Å². The molecule has 0 radical (unpaired) electrons. The van der Waals surface area contributed by atoms with E-state index in [4.69, 9.17) is 11.6 Å². The van der Waals surface area contributed by atoms with Crippen LogP contribution in [0.4, 0.5) is 13.2 Å². The maximum atomic E-state index is 12.6. The molecule has 1 heterocycles. The molecule has 18 heavy (non-hydrogen) atoms. The summed E-state index contributed by atoms with van der Waals surface area (Å²) in [5.41, 5.74) is -0.483. The van der Waals surface area contributed by atoms with Gasteiger partial charge in [0.05, 0.1) is 28.0 Å². The van der Waals surface area contributed by atoms with Crippen molar-refractivity contribution in [1.29, 1.82) is 0 Å². The number of benzene rings is 1. The highest BCUT2D eigenvalue weighted by Crippen LogP contribution is 2.35. The first-order chi connectivity index (χ1) is 8.41. The zero-order valence-corrected chi connectivity index (χ0v) is 9.53. The van der Waals surface area contributed by atoms with Crippen LogP contribution in [0.15, 0.2) is 30.6 Å². The fraction of sp³-hybridized carbons (Fsp3) is 0.0909. The summed E-state index contributed by atoms with van der Waals surface area (Å²) in [7, 11) is 0. The van der Waals surface area contributed by atoms with Gasteiger partial charge in [-0.1, -0.05) is 11.6 Å². The molecule has 0 aliphatic heterocycles. The highest BCUT2D eigenvalue weighted by Gasteiger charge is 2.33. The van der Waals surface area contributed by atoms with Gasteiger partial charge >= 0.3 is 6.18 Å². The van der Waals surface area contributed by atoms with Crippen LogP contribution < -0.4 is 0 Å². The zero-order valence-electron chi connectivity index (χ0n) is 8.78. The molecule has 0 N–H and O–H groups in total. The third-order valence-electron chi connectivity index (χ3n) is 2.26. The van der Waals surface area contributed by atoms with Crippen molar-refractivity contribution in [2.24, 2.45) is 0 Å². The number of aromatic nitrogens is 2. The lowest BCUT2D eigenvalue weighted by molar-refractivity contribution is -0.137. The SMILES string of the molecule is O=Cc1cnn(-c2ccc(Cl)c(C(F)(F)F)c2)c1. The van der Waals surface area contributed by atoms with Crippen LogP contribution in [0.25, 0.3) is 5.69 Å². The summed E-state index contributed by atoms with van der Waals surface area (Å²) >= 11 is 5.49. The Morgan fingerprint density at radius 1 is 1.33 bits per heavy atom. The summed E-state index contributed by atoms with van der Waals surface area (Å²) in [6.07, 6.45) is -1.39. The van der Waals surface area contributed by atoms with Crippen molar-refractivity contribution in [2.45, 2.75) is 6.18 Å². The second kappa shape index (κ2) is 4.45. The van der Waals surface area contributed by atoms with Gasteiger partial charge in [-0.3, -0.25) is 4.79 Å². The van der Waals surface area contributed by atoms with E-state index in [1.165, 1.54) is 23.1 Å². The first kappa shape index (κ1) is 12.6. The quantitative estimate of drug-likeness (QED) is 0.787. The van der Waals surface area contributed by atoms with E-state index in [1.54, 1.807) is 0 Å². The van der Waals surface area contributed by atoms with E-state index in [0.29, 0.717) is 6.29 Å². The van der Waals surface area contributed by atoms with Crippen molar-refractivity contribution in [2.75, 3.05) is 0 Å². The monoisotopic (exact) mass is 274 g/mol. The highest BCUT2D eigenvalue weighted by atomic mass is 35.5. The molecule has 3 nitrogen and oxygen atoms in total. The van der Waals surface area contributed by atoms with E-state index < -0.39 is 11.7 Å². The summed E-state index contributed by atoms with van der Waals surface area (Å²) in [5, 5.41) is 3.40. The number of carbonyl (C=O) groups excluding carboxylic acids is 1. The van der Waals surface area contributed by atoms with E-state index in [-0.39, 0.29) is 16.3 Å². The lowest BCUT2D eigenvalue weighted by Crippen LogP contribution is -2.07. The smallest absolute Gasteiger partial charge is 0.298 e. The molecule has 2 aromatic rings. The van der Waals surface area contributed by atoms with Crippen molar-refractivity contribution in [1.82, 2.24) is 9.78 Å².